The standard InChI is InChI=1S/C31H27BrN2O4S/c32-25-12-16-28(17-13-25)34(27-4-2-1-3-5-27)31(36)24-10-14-26(15-11-24)33-30(35)20-22-8-18-29(19-9-22)39(37,38)21-23-6-7-23/h1-5,8-19,23H,6-7,20-21H2,(H,33,35). The van der Waals surface area contributed by atoms with E-state index in [9.17, 15) is 18.0 Å². The van der Waals surface area contributed by atoms with Crippen molar-refractivity contribution >= 4 is 54.6 Å². The van der Waals surface area contributed by atoms with Gasteiger partial charge in [0.1, 0.15) is 0 Å². The lowest BCUT2D eigenvalue weighted by atomic mass is 10.1. The van der Waals surface area contributed by atoms with Crippen molar-refractivity contribution in [3.8, 4) is 0 Å². The molecular weight excluding hydrogens is 576 g/mol. The molecule has 1 saturated carbocycles. The molecule has 0 saturated heterocycles. The number of carbonyl (C=O) groups excluding carboxylic acids is 2. The van der Waals surface area contributed by atoms with Gasteiger partial charge in [-0.05, 0) is 97.1 Å². The number of anilines is 3. The van der Waals surface area contributed by atoms with Gasteiger partial charge in [-0.1, -0.05) is 46.3 Å². The topological polar surface area (TPSA) is 83.5 Å². The molecule has 0 aromatic heterocycles. The number of halogens is 1. The molecule has 8 heteroatoms. The number of nitrogens with zero attached hydrogens (tertiary/aromatic N) is 1. The lowest BCUT2D eigenvalue weighted by Gasteiger charge is -2.23. The van der Waals surface area contributed by atoms with Crippen molar-refractivity contribution in [1.82, 2.24) is 0 Å². The molecule has 0 heterocycles. The molecule has 0 spiro atoms. The molecule has 4 aromatic rings. The van der Waals surface area contributed by atoms with E-state index in [-0.39, 0.29) is 29.9 Å². The van der Waals surface area contributed by atoms with E-state index in [1.54, 1.807) is 53.4 Å². The summed E-state index contributed by atoms with van der Waals surface area (Å²) < 4.78 is 25.8. The second kappa shape index (κ2) is 11.6. The van der Waals surface area contributed by atoms with Crippen LogP contribution in [-0.2, 0) is 21.1 Å². The second-order valence-corrected chi connectivity index (χ2v) is 12.6. The van der Waals surface area contributed by atoms with Gasteiger partial charge in [0.05, 0.1) is 17.1 Å². The van der Waals surface area contributed by atoms with E-state index in [2.05, 4.69) is 21.2 Å². The highest BCUT2D eigenvalue weighted by atomic mass is 79.9. The number of carbonyl (C=O) groups is 2. The van der Waals surface area contributed by atoms with Gasteiger partial charge in [-0.2, -0.15) is 0 Å². The first-order valence-corrected chi connectivity index (χ1v) is 15.1. The molecule has 0 unspecified atom stereocenters. The van der Waals surface area contributed by atoms with E-state index >= 15 is 0 Å². The van der Waals surface area contributed by atoms with Crippen molar-refractivity contribution in [2.75, 3.05) is 16.0 Å². The molecule has 0 atom stereocenters. The molecule has 6 nitrogen and oxygen atoms in total. The number of sulfone groups is 1. The minimum Gasteiger partial charge on any atom is -0.326 e. The zero-order valence-corrected chi connectivity index (χ0v) is 23.5. The summed E-state index contributed by atoms with van der Waals surface area (Å²) in [6, 6.07) is 30.2. The van der Waals surface area contributed by atoms with Crippen LogP contribution >= 0.6 is 15.9 Å². The molecule has 39 heavy (non-hydrogen) atoms. The third-order valence-corrected chi connectivity index (χ3v) is 8.95. The first-order valence-electron chi connectivity index (χ1n) is 12.7. The van der Waals surface area contributed by atoms with Gasteiger partial charge in [-0.3, -0.25) is 14.5 Å². The monoisotopic (exact) mass is 602 g/mol. The predicted molar refractivity (Wildman–Crippen MR) is 157 cm³/mol. The van der Waals surface area contributed by atoms with Gasteiger partial charge in [0.2, 0.25) is 5.91 Å². The fraction of sp³-hybridized carbons (Fsp3) is 0.161. The Morgan fingerprint density at radius 1 is 0.795 bits per heavy atom. The summed E-state index contributed by atoms with van der Waals surface area (Å²) in [6.45, 7) is 0. The maximum absolute atomic E-state index is 13.5. The van der Waals surface area contributed by atoms with Crippen LogP contribution < -0.4 is 10.2 Å². The van der Waals surface area contributed by atoms with Gasteiger partial charge >= 0.3 is 0 Å². The lowest BCUT2D eigenvalue weighted by Crippen LogP contribution is -2.26. The molecule has 1 N–H and O–H groups in total. The number of hydrogen-bond donors (Lipinski definition) is 1. The van der Waals surface area contributed by atoms with Gasteiger partial charge in [0.15, 0.2) is 9.84 Å². The Labute approximate surface area is 236 Å². The Balaban J connectivity index is 1.25. The summed E-state index contributed by atoms with van der Waals surface area (Å²) in [5.41, 5.74) is 3.24. The van der Waals surface area contributed by atoms with Crippen molar-refractivity contribution in [2.45, 2.75) is 24.2 Å². The maximum atomic E-state index is 13.5. The number of rotatable bonds is 9. The summed E-state index contributed by atoms with van der Waals surface area (Å²) in [4.78, 5) is 28.1. The molecule has 4 aromatic carbocycles. The third kappa shape index (κ3) is 6.82. The van der Waals surface area contributed by atoms with Crippen molar-refractivity contribution in [3.63, 3.8) is 0 Å². The summed E-state index contributed by atoms with van der Waals surface area (Å²) >= 11 is 3.44. The third-order valence-electron chi connectivity index (χ3n) is 6.52. The van der Waals surface area contributed by atoms with Crippen LogP contribution in [0.2, 0.25) is 0 Å². The fourth-order valence-corrected chi connectivity index (χ4v) is 6.23. The van der Waals surface area contributed by atoms with Gasteiger partial charge in [-0.15, -0.1) is 0 Å². The van der Waals surface area contributed by atoms with Crippen LogP contribution in [0.3, 0.4) is 0 Å². The second-order valence-electron chi connectivity index (χ2n) is 9.62. The van der Waals surface area contributed by atoms with Crippen LogP contribution in [0.1, 0.15) is 28.8 Å². The molecule has 5 rings (SSSR count). The molecule has 198 valence electrons. The number of benzene rings is 4. The normalized spacial score (nSPS) is 13.1. The lowest BCUT2D eigenvalue weighted by molar-refractivity contribution is -0.115. The highest BCUT2D eigenvalue weighted by Gasteiger charge is 2.29. The highest BCUT2D eigenvalue weighted by molar-refractivity contribution is 9.10. The van der Waals surface area contributed by atoms with E-state index in [4.69, 9.17) is 0 Å². The summed E-state index contributed by atoms with van der Waals surface area (Å²) in [6.07, 6.45) is 2.06. The Morgan fingerprint density at radius 2 is 1.41 bits per heavy atom. The summed E-state index contributed by atoms with van der Waals surface area (Å²) in [5.74, 6) is 0.0447. The maximum Gasteiger partial charge on any atom is 0.262 e. The molecule has 2 amide bonds. The Morgan fingerprint density at radius 3 is 2.03 bits per heavy atom. The molecule has 1 aliphatic carbocycles. The zero-order valence-electron chi connectivity index (χ0n) is 21.1. The Bertz CT molecular complexity index is 1570. The average Bonchev–Trinajstić information content (AvgIpc) is 3.74. The largest absolute Gasteiger partial charge is 0.326 e. The summed E-state index contributed by atoms with van der Waals surface area (Å²) in [5, 5.41) is 2.85. The number of hydrogen-bond acceptors (Lipinski definition) is 4. The fourth-order valence-electron chi connectivity index (χ4n) is 4.27. The van der Waals surface area contributed by atoms with Crippen molar-refractivity contribution in [2.24, 2.45) is 5.92 Å². The summed E-state index contributed by atoms with van der Waals surface area (Å²) in [7, 11) is -3.28. The van der Waals surface area contributed by atoms with Gasteiger partial charge in [-0.25, -0.2) is 8.42 Å². The Kier molecular flexibility index (Phi) is 7.95. The smallest absolute Gasteiger partial charge is 0.262 e. The first-order chi connectivity index (χ1) is 18.8. The first kappa shape index (κ1) is 26.8. The van der Waals surface area contributed by atoms with E-state index in [0.29, 0.717) is 16.1 Å². The number of para-hydroxylation sites is 1. The van der Waals surface area contributed by atoms with Crippen molar-refractivity contribution < 1.29 is 18.0 Å². The number of nitrogens with one attached hydrogen (secondary N) is 1. The molecule has 1 fully saturated rings. The van der Waals surface area contributed by atoms with Crippen LogP contribution in [0.4, 0.5) is 17.1 Å². The number of amides is 2. The molecule has 0 radical (unpaired) electrons. The van der Waals surface area contributed by atoms with Crippen molar-refractivity contribution in [1.29, 1.82) is 0 Å². The zero-order chi connectivity index (χ0) is 27.4. The SMILES string of the molecule is O=C(Cc1ccc(S(=O)(=O)CC2CC2)cc1)Nc1ccc(C(=O)N(c2ccccc2)c2ccc(Br)cc2)cc1. The van der Waals surface area contributed by atoms with Gasteiger partial charge in [0.25, 0.3) is 5.91 Å². The predicted octanol–water partition coefficient (Wildman–Crippen LogP) is 6.79. The van der Waals surface area contributed by atoms with E-state index in [0.717, 1.165) is 34.3 Å². The minimum atomic E-state index is -3.28. The van der Waals surface area contributed by atoms with Gasteiger partial charge in [0, 0.05) is 27.1 Å². The van der Waals surface area contributed by atoms with Crippen LogP contribution in [0.5, 0.6) is 0 Å². The van der Waals surface area contributed by atoms with Crippen LogP contribution in [0, 0.1) is 5.92 Å². The van der Waals surface area contributed by atoms with Gasteiger partial charge < -0.3 is 5.32 Å². The highest BCUT2D eigenvalue weighted by Crippen LogP contribution is 2.32. The van der Waals surface area contributed by atoms with Crippen LogP contribution in [0.25, 0.3) is 0 Å². The van der Waals surface area contributed by atoms with Crippen LogP contribution in [-0.4, -0.2) is 26.0 Å². The Hall–Kier alpha value is -3.75. The molecule has 1 aliphatic rings. The van der Waals surface area contributed by atoms with E-state index in [1.165, 1.54) is 0 Å². The quantitative estimate of drug-likeness (QED) is 0.228. The molecular formula is C31H27BrN2O4S. The average molecular weight is 604 g/mol. The van der Waals surface area contributed by atoms with E-state index in [1.807, 2.05) is 54.6 Å². The molecule has 0 bridgehead atoms. The van der Waals surface area contributed by atoms with Crippen LogP contribution in [0.15, 0.2) is 112 Å². The molecule has 0 aliphatic heterocycles. The van der Waals surface area contributed by atoms with E-state index < -0.39 is 9.84 Å². The van der Waals surface area contributed by atoms with Crippen molar-refractivity contribution in [3.05, 3.63) is 119 Å². The minimum absolute atomic E-state index is 0.106.